The summed E-state index contributed by atoms with van der Waals surface area (Å²) in [4.78, 5) is 12.4. The van der Waals surface area contributed by atoms with Crippen molar-refractivity contribution in [3.05, 3.63) is 35.4 Å². The van der Waals surface area contributed by atoms with Crippen LogP contribution in [0.2, 0.25) is 0 Å². The maximum absolute atomic E-state index is 12.4. The molecule has 0 bridgehead atoms. The number of nitrogens with one attached hydrogen (secondary N) is 1. The summed E-state index contributed by atoms with van der Waals surface area (Å²) in [5, 5.41) is 3.09. The molecule has 2 fully saturated rings. The third-order valence-corrected chi connectivity index (χ3v) is 7.78. The first kappa shape index (κ1) is 18.0. The molecule has 1 N–H and O–H groups in total. The van der Waals surface area contributed by atoms with Crippen molar-refractivity contribution in [2.45, 2.75) is 49.9 Å². The first-order valence-electron chi connectivity index (χ1n) is 9.69. The minimum absolute atomic E-state index is 0.0270. The van der Waals surface area contributed by atoms with Crippen molar-refractivity contribution < 1.29 is 13.2 Å². The molecule has 1 saturated heterocycles. The van der Waals surface area contributed by atoms with Crippen LogP contribution in [0.1, 0.15) is 55.6 Å². The second-order valence-electron chi connectivity index (χ2n) is 8.38. The number of hydrogen-bond acceptors (Lipinski definition) is 3. The number of hydrogen-bond donors (Lipinski definition) is 1. The lowest BCUT2D eigenvalue weighted by molar-refractivity contribution is -0.121. The van der Waals surface area contributed by atoms with Crippen molar-refractivity contribution in [2.24, 2.45) is 5.92 Å². The molecule has 0 radical (unpaired) electrons. The molecule has 142 valence electrons. The highest BCUT2D eigenvalue weighted by molar-refractivity contribution is 7.88. The van der Waals surface area contributed by atoms with E-state index in [9.17, 15) is 13.2 Å². The zero-order chi connectivity index (χ0) is 18.4. The van der Waals surface area contributed by atoms with Gasteiger partial charge in [-0.3, -0.25) is 4.79 Å². The minimum atomic E-state index is -3.12. The molecule has 1 aliphatic heterocycles. The molecule has 26 heavy (non-hydrogen) atoms. The largest absolute Gasteiger partial charge is 0.356 e. The summed E-state index contributed by atoms with van der Waals surface area (Å²) in [5.74, 6) is 1.10. The summed E-state index contributed by atoms with van der Waals surface area (Å²) in [6, 6.07) is 8.47. The van der Waals surface area contributed by atoms with E-state index in [1.54, 1.807) is 4.31 Å². The van der Waals surface area contributed by atoms with Crippen molar-refractivity contribution in [1.29, 1.82) is 0 Å². The number of piperidine rings is 1. The Morgan fingerprint density at radius 1 is 1.23 bits per heavy atom. The van der Waals surface area contributed by atoms with Crippen LogP contribution in [0.25, 0.3) is 0 Å². The van der Waals surface area contributed by atoms with Crippen molar-refractivity contribution in [3.8, 4) is 0 Å². The second kappa shape index (κ2) is 6.64. The topological polar surface area (TPSA) is 66.5 Å². The van der Waals surface area contributed by atoms with Crippen LogP contribution in [0.5, 0.6) is 0 Å². The Balaban J connectivity index is 1.48. The van der Waals surface area contributed by atoms with Crippen LogP contribution in [-0.2, 0) is 20.2 Å². The number of carbonyl (C=O) groups excluding carboxylic acids is 1. The minimum Gasteiger partial charge on any atom is -0.356 e. The van der Waals surface area contributed by atoms with Gasteiger partial charge in [-0.15, -0.1) is 0 Å². The number of fused-ring (bicyclic) bond motifs is 2. The molecule has 1 aromatic rings. The predicted octanol–water partition coefficient (Wildman–Crippen LogP) is 2.38. The third kappa shape index (κ3) is 3.54. The van der Waals surface area contributed by atoms with Gasteiger partial charge in [-0.1, -0.05) is 24.3 Å². The SMILES string of the molecule is CS(=O)(=O)N1CCC2(CC1)C[C@H](CC(=O)NCC1CC1)c1ccccc12. The van der Waals surface area contributed by atoms with E-state index >= 15 is 0 Å². The molecule has 1 spiro atoms. The van der Waals surface area contributed by atoms with Crippen molar-refractivity contribution in [2.75, 3.05) is 25.9 Å². The maximum atomic E-state index is 12.4. The summed E-state index contributed by atoms with van der Waals surface area (Å²) in [6.07, 6.45) is 6.97. The highest BCUT2D eigenvalue weighted by Crippen LogP contribution is 2.52. The second-order valence-corrected chi connectivity index (χ2v) is 10.4. The molecule has 2 aliphatic carbocycles. The van der Waals surface area contributed by atoms with E-state index in [0.717, 1.165) is 25.8 Å². The van der Waals surface area contributed by atoms with Crippen molar-refractivity contribution in [1.82, 2.24) is 9.62 Å². The van der Waals surface area contributed by atoms with Crippen LogP contribution in [0.4, 0.5) is 0 Å². The average Bonchev–Trinajstić information content (AvgIpc) is 3.39. The third-order valence-electron chi connectivity index (χ3n) is 6.47. The van der Waals surface area contributed by atoms with E-state index in [0.29, 0.717) is 25.4 Å². The van der Waals surface area contributed by atoms with Gasteiger partial charge in [0.2, 0.25) is 15.9 Å². The van der Waals surface area contributed by atoms with E-state index in [1.165, 1.54) is 30.2 Å². The van der Waals surface area contributed by atoms with Gasteiger partial charge in [0.15, 0.2) is 0 Å². The van der Waals surface area contributed by atoms with E-state index in [-0.39, 0.29) is 17.2 Å². The molecule has 1 heterocycles. The zero-order valence-electron chi connectivity index (χ0n) is 15.4. The fourth-order valence-corrected chi connectivity index (χ4v) is 5.65. The molecule has 1 aromatic carbocycles. The number of amides is 1. The lowest BCUT2D eigenvalue weighted by Crippen LogP contribution is -2.44. The highest BCUT2D eigenvalue weighted by Gasteiger charge is 2.46. The molecular formula is C20H28N2O3S. The molecule has 5 nitrogen and oxygen atoms in total. The predicted molar refractivity (Wildman–Crippen MR) is 101 cm³/mol. The summed E-state index contributed by atoms with van der Waals surface area (Å²) in [6.45, 7) is 1.98. The number of sulfonamides is 1. The van der Waals surface area contributed by atoms with E-state index in [2.05, 4.69) is 29.6 Å². The lowest BCUT2D eigenvalue weighted by Gasteiger charge is -2.39. The molecule has 0 unspecified atom stereocenters. The first-order chi connectivity index (χ1) is 12.4. The highest BCUT2D eigenvalue weighted by atomic mass is 32.2. The maximum Gasteiger partial charge on any atom is 0.220 e. The first-order valence-corrected chi connectivity index (χ1v) is 11.5. The number of carbonyl (C=O) groups is 1. The zero-order valence-corrected chi connectivity index (χ0v) is 16.2. The van der Waals surface area contributed by atoms with Gasteiger partial charge in [0.25, 0.3) is 0 Å². The van der Waals surface area contributed by atoms with Gasteiger partial charge in [-0.05, 0) is 60.5 Å². The summed E-state index contributed by atoms with van der Waals surface area (Å²) in [5.41, 5.74) is 2.66. The van der Waals surface area contributed by atoms with Gasteiger partial charge >= 0.3 is 0 Å². The number of nitrogens with zero attached hydrogens (tertiary/aromatic N) is 1. The molecular weight excluding hydrogens is 348 g/mol. The molecule has 1 saturated carbocycles. The Hall–Kier alpha value is -1.40. The van der Waals surface area contributed by atoms with Crippen LogP contribution in [0.3, 0.4) is 0 Å². The van der Waals surface area contributed by atoms with Gasteiger partial charge < -0.3 is 5.32 Å². The summed E-state index contributed by atoms with van der Waals surface area (Å²) >= 11 is 0. The van der Waals surface area contributed by atoms with Gasteiger partial charge in [0, 0.05) is 26.1 Å². The average molecular weight is 377 g/mol. The smallest absolute Gasteiger partial charge is 0.220 e. The van der Waals surface area contributed by atoms with Crippen LogP contribution < -0.4 is 5.32 Å². The van der Waals surface area contributed by atoms with Crippen LogP contribution in [0.15, 0.2) is 24.3 Å². The van der Waals surface area contributed by atoms with E-state index < -0.39 is 10.0 Å². The molecule has 0 aromatic heterocycles. The Kier molecular flexibility index (Phi) is 4.59. The van der Waals surface area contributed by atoms with Gasteiger partial charge in [0.05, 0.1) is 6.26 Å². The fraction of sp³-hybridized carbons (Fsp3) is 0.650. The van der Waals surface area contributed by atoms with E-state index in [4.69, 9.17) is 0 Å². The Morgan fingerprint density at radius 2 is 1.92 bits per heavy atom. The standard InChI is InChI=1S/C20H28N2O3S/c1-26(24,25)22-10-8-20(9-11-22)13-16(17-4-2-3-5-18(17)20)12-19(23)21-14-15-6-7-15/h2-5,15-16H,6-14H2,1H3,(H,21,23)/t16-/m0/s1. The monoisotopic (exact) mass is 376 g/mol. The molecule has 1 amide bonds. The normalized spacial score (nSPS) is 25.2. The van der Waals surface area contributed by atoms with Crippen molar-refractivity contribution in [3.63, 3.8) is 0 Å². The van der Waals surface area contributed by atoms with Gasteiger partial charge in [-0.2, -0.15) is 0 Å². The Bertz CT molecular complexity index is 793. The van der Waals surface area contributed by atoms with Crippen LogP contribution in [-0.4, -0.2) is 44.5 Å². The quantitative estimate of drug-likeness (QED) is 0.858. The Morgan fingerprint density at radius 3 is 2.58 bits per heavy atom. The summed E-state index contributed by atoms with van der Waals surface area (Å²) < 4.78 is 25.3. The van der Waals surface area contributed by atoms with Crippen LogP contribution >= 0.6 is 0 Å². The number of benzene rings is 1. The molecule has 4 rings (SSSR count). The van der Waals surface area contributed by atoms with Crippen molar-refractivity contribution >= 4 is 15.9 Å². The summed E-state index contributed by atoms with van der Waals surface area (Å²) in [7, 11) is -3.12. The van der Waals surface area contributed by atoms with Gasteiger partial charge in [-0.25, -0.2) is 12.7 Å². The van der Waals surface area contributed by atoms with E-state index in [1.807, 2.05) is 0 Å². The lowest BCUT2D eigenvalue weighted by atomic mass is 9.73. The fourth-order valence-electron chi connectivity index (χ4n) is 4.81. The molecule has 1 atom stereocenters. The Labute approximate surface area is 156 Å². The molecule has 3 aliphatic rings. The van der Waals surface area contributed by atoms with Gasteiger partial charge in [0.1, 0.15) is 0 Å². The van der Waals surface area contributed by atoms with Crippen LogP contribution in [0, 0.1) is 5.92 Å². The number of rotatable bonds is 5. The molecule has 6 heteroatoms.